The second kappa shape index (κ2) is 5.96. The van der Waals surface area contributed by atoms with E-state index in [2.05, 4.69) is 4.72 Å². The normalized spacial score (nSPS) is 11.1. The molecule has 1 aromatic heterocycles. The number of rotatable bonds is 5. The van der Waals surface area contributed by atoms with Crippen molar-refractivity contribution in [3.8, 4) is 5.75 Å². The number of hydrogen-bond donors (Lipinski definition) is 2. The van der Waals surface area contributed by atoms with Gasteiger partial charge in [-0.15, -0.1) is 11.3 Å². The number of thiocarbonyl (C=S) groups is 1. The number of nitrogens with one attached hydrogen (secondary N) is 1. The molecule has 112 valence electrons. The third-order valence-corrected chi connectivity index (χ3v) is 5.83. The molecule has 1 aromatic carbocycles. The van der Waals surface area contributed by atoms with Crippen LogP contribution >= 0.6 is 23.6 Å². The van der Waals surface area contributed by atoms with Gasteiger partial charge in [0.15, 0.2) is 11.6 Å². The Morgan fingerprint density at radius 1 is 1.38 bits per heavy atom. The van der Waals surface area contributed by atoms with Gasteiger partial charge >= 0.3 is 0 Å². The first-order valence-corrected chi connectivity index (χ1v) is 8.30. The average molecular weight is 346 g/mol. The van der Waals surface area contributed by atoms with E-state index in [1.165, 1.54) is 31.4 Å². The van der Waals surface area contributed by atoms with Crippen LogP contribution in [0.15, 0.2) is 34.5 Å². The van der Waals surface area contributed by atoms with Crippen LogP contribution in [0.1, 0.15) is 4.88 Å². The third-order valence-electron chi connectivity index (χ3n) is 2.49. The van der Waals surface area contributed by atoms with Gasteiger partial charge in [-0.3, -0.25) is 4.72 Å². The topological polar surface area (TPSA) is 81.4 Å². The fourth-order valence-corrected chi connectivity index (χ4v) is 3.93. The zero-order valence-corrected chi connectivity index (χ0v) is 13.2. The van der Waals surface area contributed by atoms with Crippen molar-refractivity contribution in [2.45, 2.75) is 4.21 Å². The maximum Gasteiger partial charge on any atom is 0.271 e. The smallest absolute Gasteiger partial charge is 0.271 e. The van der Waals surface area contributed by atoms with E-state index in [0.29, 0.717) is 4.88 Å². The van der Waals surface area contributed by atoms with Gasteiger partial charge in [0.05, 0.1) is 17.7 Å². The number of halogens is 1. The lowest BCUT2D eigenvalue weighted by molar-refractivity contribution is 0.386. The Balaban J connectivity index is 2.28. The number of methoxy groups -OCH3 is 1. The van der Waals surface area contributed by atoms with Crippen LogP contribution < -0.4 is 15.2 Å². The SMILES string of the molecule is COc1ccc(NS(=O)(=O)c2ccc(C(N)=S)s2)cc1F. The average Bonchev–Trinajstić information content (AvgIpc) is 2.89. The van der Waals surface area contributed by atoms with Crippen molar-refractivity contribution in [2.24, 2.45) is 5.73 Å². The molecule has 0 saturated heterocycles. The Kier molecular flexibility index (Phi) is 4.45. The summed E-state index contributed by atoms with van der Waals surface area (Å²) in [5.41, 5.74) is 5.53. The number of thiophene rings is 1. The Bertz CT molecular complexity index is 787. The minimum Gasteiger partial charge on any atom is -0.494 e. The Morgan fingerprint density at radius 2 is 2.10 bits per heavy atom. The summed E-state index contributed by atoms with van der Waals surface area (Å²) in [4.78, 5) is 0.614. The lowest BCUT2D eigenvalue weighted by Gasteiger charge is -2.08. The summed E-state index contributed by atoms with van der Waals surface area (Å²) in [6.07, 6.45) is 0. The maximum atomic E-state index is 13.5. The van der Waals surface area contributed by atoms with Gasteiger partial charge in [-0.05, 0) is 24.3 Å². The highest BCUT2D eigenvalue weighted by Crippen LogP contribution is 2.26. The molecular formula is C12H11FN2O3S3. The van der Waals surface area contributed by atoms with E-state index < -0.39 is 15.8 Å². The predicted octanol–water partition coefficient (Wildman–Crippen LogP) is 2.33. The quantitative estimate of drug-likeness (QED) is 0.812. The van der Waals surface area contributed by atoms with Gasteiger partial charge in [0, 0.05) is 6.07 Å². The molecule has 2 rings (SSSR count). The molecule has 0 amide bonds. The molecule has 0 unspecified atom stereocenters. The first-order chi connectivity index (χ1) is 9.83. The van der Waals surface area contributed by atoms with Crippen molar-refractivity contribution in [2.75, 3.05) is 11.8 Å². The molecule has 1 heterocycles. The minimum atomic E-state index is -3.82. The van der Waals surface area contributed by atoms with Gasteiger partial charge in [0.25, 0.3) is 10.0 Å². The summed E-state index contributed by atoms with van der Waals surface area (Å²) in [5, 5.41) is 0. The van der Waals surface area contributed by atoms with E-state index in [1.807, 2.05) is 0 Å². The molecule has 3 N–H and O–H groups in total. The zero-order chi connectivity index (χ0) is 15.6. The van der Waals surface area contributed by atoms with E-state index >= 15 is 0 Å². The fraction of sp³-hybridized carbons (Fsp3) is 0.0833. The van der Waals surface area contributed by atoms with Crippen molar-refractivity contribution in [3.05, 3.63) is 41.0 Å². The number of anilines is 1. The highest BCUT2D eigenvalue weighted by atomic mass is 32.2. The van der Waals surface area contributed by atoms with Crippen LogP contribution in [0, 0.1) is 5.82 Å². The van der Waals surface area contributed by atoms with E-state index in [4.69, 9.17) is 22.7 Å². The summed E-state index contributed by atoms with van der Waals surface area (Å²) >= 11 is 5.73. The zero-order valence-electron chi connectivity index (χ0n) is 10.8. The maximum absolute atomic E-state index is 13.5. The van der Waals surface area contributed by atoms with Gasteiger partial charge in [-0.25, -0.2) is 12.8 Å². The van der Waals surface area contributed by atoms with Crippen molar-refractivity contribution in [1.29, 1.82) is 0 Å². The molecule has 0 bridgehead atoms. The largest absolute Gasteiger partial charge is 0.494 e. The van der Waals surface area contributed by atoms with Crippen LogP contribution in [-0.2, 0) is 10.0 Å². The van der Waals surface area contributed by atoms with Crippen LogP contribution in [0.5, 0.6) is 5.75 Å². The minimum absolute atomic E-state index is 0.0323. The Morgan fingerprint density at radius 3 is 2.62 bits per heavy atom. The molecule has 2 aromatic rings. The molecule has 0 atom stereocenters. The van der Waals surface area contributed by atoms with Gasteiger partial charge < -0.3 is 10.5 Å². The van der Waals surface area contributed by atoms with Crippen molar-refractivity contribution >= 4 is 44.3 Å². The third kappa shape index (κ3) is 3.49. The number of benzene rings is 1. The van der Waals surface area contributed by atoms with Crippen LogP contribution in [0.3, 0.4) is 0 Å². The molecule has 5 nitrogen and oxygen atoms in total. The Labute approximate surface area is 130 Å². The van der Waals surface area contributed by atoms with Crippen molar-refractivity contribution in [3.63, 3.8) is 0 Å². The van der Waals surface area contributed by atoms with Crippen LogP contribution in [0.25, 0.3) is 0 Å². The summed E-state index contributed by atoms with van der Waals surface area (Å²) in [5.74, 6) is -0.627. The van der Waals surface area contributed by atoms with E-state index in [9.17, 15) is 12.8 Å². The van der Waals surface area contributed by atoms with Crippen LogP contribution in [-0.4, -0.2) is 20.5 Å². The molecule has 0 saturated carbocycles. The molecule has 0 fully saturated rings. The molecule has 0 aliphatic rings. The van der Waals surface area contributed by atoms with E-state index in [0.717, 1.165) is 17.4 Å². The monoisotopic (exact) mass is 346 g/mol. The number of nitrogens with two attached hydrogens (primary N) is 1. The first kappa shape index (κ1) is 15.7. The summed E-state index contributed by atoms with van der Waals surface area (Å²) in [6, 6.07) is 6.69. The predicted molar refractivity (Wildman–Crippen MR) is 84.0 cm³/mol. The summed E-state index contributed by atoms with van der Waals surface area (Å²) in [7, 11) is -2.49. The molecule has 0 spiro atoms. The summed E-state index contributed by atoms with van der Waals surface area (Å²) in [6.45, 7) is 0. The number of hydrogen-bond acceptors (Lipinski definition) is 5. The first-order valence-electron chi connectivity index (χ1n) is 5.59. The van der Waals surface area contributed by atoms with Gasteiger partial charge in [0.2, 0.25) is 0 Å². The van der Waals surface area contributed by atoms with E-state index in [1.54, 1.807) is 0 Å². The number of ether oxygens (including phenoxy) is 1. The van der Waals surface area contributed by atoms with Gasteiger partial charge in [-0.2, -0.15) is 0 Å². The van der Waals surface area contributed by atoms with Crippen LogP contribution in [0.2, 0.25) is 0 Å². The summed E-state index contributed by atoms with van der Waals surface area (Å²) < 4.78 is 45.0. The highest BCUT2D eigenvalue weighted by Gasteiger charge is 2.18. The lowest BCUT2D eigenvalue weighted by atomic mass is 10.3. The second-order valence-corrected chi connectivity index (χ2v) is 7.37. The van der Waals surface area contributed by atoms with Gasteiger partial charge in [-0.1, -0.05) is 12.2 Å². The molecule has 0 aliphatic carbocycles. The molecule has 0 radical (unpaired) electrons. The van der Waals surface area contributed by atoms with Crippen molar-refractivity contribution in [1.82, 2.24) is 0 Å². The van der Waals surface area contributed by atoms with Crippen molar-refractivity contribution < 1.29 is 17.5 Å². The van der Waals surface area contributed by atoms with E-state index in [-0.39, 0.29) is 20.6 Å². The second-order valence-electron chi connectivity index (χ2n) is 3.94. The van der Waals surface area contributed by atoms with Crippen LogP contribution in [0.4, 0.5) is 10.1 Å². The Hall–Kier alpha value is -1.71. The fourth-order valence-electron chi connectivity index (χ4n) is 1.53. The highest BCUT2D eigenvalue weighted by molar-refractivity contribution is 7.94. The molecule has 21 heavy (non-hydrogen) atoms. The lowest BCUT2D eigenvalue weighted by Crippen LogP contribution is -2.11. The molecular weight excluding hydrogens is 335 g/mol. The molecule has 9 heteroatoms. The standard InChI is InChI=1S/C12H11FN2O3S3/c1-18-9-3-2-7(6-8(9)13)15-21(16,17)11-5-4-10(20-11)12(14)19/h2-6,15H,1H3,(H2,14,19). The number of sulfonamides is 1. The van der Waals surface area contributed by atoms with Gasteiger partial charge in [0.1, 0.15) is 9.20 Å². The molecule has 0 aliphatic heterocycles.